The Morgan fingerprint density at radius 1 is 1.33 bits per heavy atom. The van der Waals surface area contributed by atoms with Crippen molar-refractivity contribution in [3.63, 3.8) is 0 Å². The zero-order valence-electron chi connectivity index (χ0n) is 4.41. The Labute approximate surface area is 51.0 Å². The molecular weight excluding hydrogens is 112 g/mol. The van der Waals surface area contributed by atoms with Crippen molar-refractivity contribution in [1.29, 1.82) is 0 Å². The fourth-order valence-electron chi connectivity index (χ4n) is 0. The van der Waals surface area contributed by atoms with Gasteiger partial charge in [0.1, 0.15) is 0 Å². The van der Waals surface area contributed by atoms with E-state index >= 15 is 0 Å². The van der Waals surface area contributed by atoms with E-state index in [2.05, 4.69) is 0 Å². The van der Waals surface area contributed by atoms with Gasteiger partial charge in [0.15, 0.2) is 0 Å². The first-order chi connectivity index (χ1) is 2.56. The molecule has 0 fully saturated rings. The Morgan fingerprint density at radius 2 is 1.50 bits per heavy atom. The summed E-state index contributed by atoms with van der Waals surface area (Å²) >= 11 is 1.71. The van der Waals surface area contributed by atoms with Gasteiger partial charge in [0.2, 0.25) is 0 Å². The van der Waals surface area contributed by atoms with Gasteiger partial charge in [0.25, 0.3) is 0 Å². The summed E-state index contributed by atoms with van der Waals surface area (Å²) in [4.78, 5) is 0. The quantitative estimate of drug-likeness (QED) is 0.438. The van der Waals surface area contributed by atoms with Crippen LogP contribution in [-0.2, 0) is 24.1 Å². The van der Waals surface area contributed by atoms with E-state index in [9.17, 15) is 0 Å². The molecule has 0 radical (unpaired) electrons. The van der Waals surface area contributed by atoms with Crippen molar-refractivity contribution < 1.29 is 24.1 Å². The molecule has 32 valence electrons. The molecule has 0 aromatic heterocycles. The first-order valence-electron chi connectivity index (χ1n) is 1.91. The number of rotatable bonds is 0. The van der Waals surface area contributed by atoms with E-state index < -0.39 is 0 Å². The van der Waals surface area contributed by atoms with Gasteiger partial charge in [-0.15, -0.1) is 0 Å². The molecule has 0 atom stereocenters. The average molecular weight is 121 g/mol. The summed E-state index contributed by atoms with van der Waals surface area (Å²) in [5.41, 5.74) is 0.0417. The minimum atomic E-state index is 0.0417. The first-order valence-corrected chi connectivity index (χ1v) is 2.55. The molecule has 2 heteroatoms. The molecule has 0 aromatic rings. The van der Waals surface area contributed by atoms with Crippen molar-refractivity contribution >= 4 is 0 Å². The van der Waals surface area contributed by atoms with Crippen LogP contribution in [0.3, 0.4) is 0 Å². The summed E-state index contributed by atoms with van der Waals surface area (Å²) in [7, 11) is 0. The van der Waals surface area contributed by atoms with Crippen molar-refractivity contribution in [2.45, 2.75) is 26.4 Å². The molecule has 6 heavy (non-hydrogen) atoms. The van der Waals surface area contributed by atoms with Crippen LogP contribution in [0.15, 0.2) is 0 Å². The molecule has 0 rings (SSSR count). The summed E-state index contributed by atoms with van der Waals surface area (Å²) in [5.74, 6) is 0. The fraction of sp³-hybridized carbons (Fsp3) is 1.00. The topological polar surface area (TPSA) is 9.23 Å². The maximum absolute atomic E-state index is 4.94. The standard InChI is InChI=1S/C4H9O.Ti/c1-4(2,3)5;/h1-3H3;/q-1;+4. The third-order valence-corrected chi connectivity index (χ3v) is 1.26. The van der Waals surface area contributed by atoms with Gasteiger partial charge in [-0.2, -0.15) is 0 Å². The molecule has 0 saturated heterocycles. The first kappa shape index (κ1) is 6.67. The molecule has 0 aromatic carbocycles. The van der Waals surface area contributed by atoms with Gasteiger partial charge < -0.3 is 0 Å². The molecule has 0 unspecified atom stereocenters. The zero-order valence-corrected chi connectivity index (χ0v) is 5.97. The van der Waals surface area contributed by atoms with Crippen LogP contribution in [0.2, 0.25) is 0 Å². The Morgan fingerprint density at radius 3 is 1.50 bits per heavy atom. The molecule has 0 aliphatic heterocycles. The van der Waals surface area contributed by atoms with Gasteiger partial charge in [0.05, 0.1) is 0 Å². The van der Waals surface area contributed by atoms with Crippen molar-refractivity contribution in [2.75, 3.05) is 0 Å². The van der Waals surface area contributed by atoms with Crippen LogP contribution in [0.5, 0.6) is 0 Å². The molecule has 0 aliphatic carbocycles. The fourth-order valence-corrected chi connectivity index (χ4v) is 0. The van der Waals surface area contributed by atoms with Gasteiger partial charge >= 0.3 is 50.5 Å². The summed E-state index contributed by atoms with van der Waals surface area (Å²) in [6, 6.07) is 0. The third-order valence-electron chi connectivity index (χ3n) is 0.306. The Kier molecular flexibility index (Phi) is 2.34. The summed E-state index contributed by atoms with van der Waals surface area (Å²) < 4.78 is 4.94. The average Bonchev–Trinajstić information content (AvgIpc) is 1.35. The van der Waals surface area contributed by atoms with Crippen LogP contribution in [0.25, 0.3) is 0 Å². The van der Waals surface area contributed by atoms with Gasteiger partial charge in [-0.05, 0) is 0 Å². The van der Waals surface area contributed by atoms with Crippen LogP contribution in [0.1, 0.15) is 20.8 Å². The summed E-state index contributed by atoms with van der Waals surface area (Å²) in [5, 5.41) is 0. The van der Waals surface area contributed by atoms with Crippen molar-refractivity contribution in [3.05, 3.63) is 0 Å². The van der Waals surface area contributed by atoms with Gasteiger partial charge in [0, 0.05) is 0 Å². The minimum absolute atomic E-state index is 0.0417. The van der Waals surface area contributed by atoms with E-state index in [1.807, 2.05) is 20.8 Å². The van der Waals surface area contributed by atoms with Crippen LogP contribution in [-0.4, -0.2) is 5.60 Å². The van der Waals surface area contributed by atoms with E-state index in [1.165, 1.54) is 0 Å². The number of hydrogen-bond donors (Lipinski definition) is 0. The van der Waals surface area contributed by atoms with Crippen molar-refractivity contribution in [2.24, 2.45) is 0 Å². The Hall–Kier alpha value is 0.674. The molecule has 0 spiro atoms. The second-order valence-corrected chi connectivity index (χ2v) is 2.53. The molecule has 0 saturated carbocycles. The van der Waals surface area contributed by atoms with Crippen LogP contribution < -0.4 is 0 Å². The Balaban J connectivity index is 3.17. The normalized spacial score (nSPS) is 12.2. The zero-order chi connectivity index (χ0) is 5.21. The van der Waals surface area contributed by atoms with Crippen molar-refractivity contribution in [1.82, 2.24) is 0 Å². The predicted molar refractivity (Wildman–Crippen MR) is 20.8 cm³/mol. The van der Waals surface area contributed by atoms with Crippen molar-refractivity contribution in [3.8, 4) is 0 Å². The Bertz CT molecular complexity index is 37.3. The molecule has 0 N–H and O–H groups in total. The SMILES string of the molecule is CC(C)(C)[O][Ti+3]. The molecule has 0 amide bonds. The third kappa shape index (κ3) is 4.67. The van der Waals surface area contributed by atoms with E-state index in [-0.39, 0.29) is 5.60 Å². The van der Waals surface area contributed by atoms with E-state index in [0.717, 1.165) is 0 Å². The van der Waals surface area contributed by atoms with E-state index in [4.69, 9.17) is 3.32 Å². The maximum atomic E-state index is 4.94. The molecular formula is C4H9OTi+3. The number of hydrogen-bond acceptors (Lipinski definition) is 1. The monoisotopic (exact) mass is 121 g/mol. The molecule has 0 bridgehead atoms. The van der Waals surface area contributed by atoms with E-state index in [0.29, 0.717) is 0 Å². The van der Waals surface area contributed by atoms with Gasteiger partial charge in [-0.25, -0.2) is 0 Å². The predicted octanol–water partition coefficient (Wildman–Crippen LogP) is 1.26. The summed E-state index contributed by atoms with van der Waals surface area (Å²) in [6.07, 6.45) is 0. The second-order valence-electron chi connectivity index (χ2n) is 2.21. The van der Waals surface area contributed by atoms with Crippen LogP contribution >= 0.6 is 0 Å². The van der Waals surface area contributed by atoms with Gasteiger partial charge in [-0.3, -0.25) is 0 Å². The summed E-state index contributed by atoms with van der Waals surface area (Å²) in [6.45, 7) is 6.06. The van der Waals surface area contributed by atoms with Crippen LogP contribution in [0, 0.1) is 0 Å². The van der Waals surface area contributed by atoms with Crippen LogP contribution in [0.4, 0.5) is 0 Å². The van der Waals surface area contributed by atoms with Gasteiger partial charge in [-0.1, -0.05) is 0 Å². The van der Waals surface area contributed by atoms with E-state index in [1.54, 1.807) is 20.8 Å². The molecule has 0 heterocycles. The molecule has 0 aliphatic rings. The molecule has 1 nitrogen and oxygen atoms in total. The second kappa shape index (κ2) is 2.11.